The second kappa shape index (κ2) is 6.15. The molecule has 0 saturated heterocycles. The monoisotopic (exact) mass is 309 g/mol. The van der Waals surface area contributed by atoms with Crippen LogP contribution in [0.15, 0.2) is 10.6 Å². The Bertz CT molecular complexity index is 598. The van der Waals surface area contributed by atoms with Crippen molar-refractivity contribution in [2.45, 2.75) is 47.1 Å². The fraction of sp³-hybridized carbons (Fsp3) is 0.600. The van der Waals surface area contributed by atoms with E-state index in [-0.39, 0.29) is 11.5 Å². The highest BCUT2D eigenvalue weighted by molar-refractivity contribution is 7.16. The van der Waals surface area contributed by atoms with Crippen LogP contribution < -0.4 is 5.73 Å². The fourth-order valence-corrected chi connectivity index (χ4v) is 2.99. The van der Waals surface area contributed by atoms with E-state index in [1.54, 1.807) is 11.3 Å². The van der Waals surface area contributed by atoms with Crippen LogP contribution in [0.1, 0.15) is 51.4 Å². The number of ether oxygens (including phenoxy) is 1. The molecule has 0 bridgehead atoms. The molecule has 0 amide bonds. The van der Waals surface area contributed by atoms with E-state index in [2.05, 4.69) is 37.8 Å². The lowest BCUT2D eigenvalue weighted by atomic mass is 9.88. The van der Waals surface area contributed by atoms with E-state index in [1.165, 1.54) is 4.88 Å². The number of hydrogen-bond acceptors (Lipinski definition) is 6. The summed E-state index contributed by atoms with van der Waals surface area (Å²) in [5.74, 6) is 1.04. The quantitative estimate of drug-likeness (QED) is 0.901. The minimum atomic E-state index is -0.203. The van der Waals surface area contributed by atoms with Gasteiger partial charge in [-0.05, 0) is 24.8 Å². The zero-order chi connectivity index (χ0) is 15.6. The van der Waals surface area contributed by atoms with Crippen LogP contribution in [-0.4, -0.2) is 16.7 Å². The second-order valence-electron chi connectivity index (χ2n) is 6.00. The average Bonchev–Trinajstić information content (AvgIpc) is 3.00. The van der Waals surface area contributed by atoms with Gasteiger partial charge in [-0.3, -0.25) is 0 Å². The summed E-state index contributed by atoms with van der Waals surface area (Å²) in [4.78, 5) is 5.71. The van der Waals surface area contributed by atoms with Crippen LogP contribution >= 0.6 is 11.3 Å². The van der Waals surface area contributed by atoms with Gasteiger partial charge in [-0.25, -0.2) is 0 Å². The van der Waals surface area contributed by atoms with Crippen LogP contribution in [-0.2, 0) is 11.2 Å². The van der Waals surface area contributed by atoms with Crippen molar-refractivity contribution in [2.75, 3.05) is 12.3 Å². The highest BCUT2D eigenvalue weighted by atomic mass is 32.1. The SMILES string of the molecule is CCOC(c1noc(-c2cc(CC)sc2N)n1)C(C)(C)C. The summed E-state index contributed by atoms with van der Waals surface area (Å²) in [6.07, 6.45) is 0.741. The van der Waals surface area contributed by atoms with Gasteiger partial charge in [0.05, 0.1) is 10.6 Å². The Morgan fingerprint density at radius 1 is 1.38 bits per heavy atom. The van der Waals surface area contributed by atoms with E-state index >= 15 is 0 Å². The standard InChI is InChI=1S/C15H23N3O2S/c1-6-9-8-10(12(16)21-9)14-17-13(18-20-14)11(19-7-2)15(3,4)5/h8,11H,6-7,16H2,1-5H3. The Kier molecular flexibility index (Phi) is 4.68. The molecule has 21 heavy (non-hydrogen) atoms. The molecule has 0 aromatic carbocycles. The molecule has 0 aliphatic heterocycles. The average molecular weight is 309 g/mol. The fourth-order valence-electron chi connectivity index (χ4n) is 2.13. The van der Waals surface area contributed by atoms with Gasteiger partial charge in [-0.1, -0.05) is 32.9 Å². The molecular weight excluding hydrogens is 286 g/mol. The van der Waals surface area contributed by atoms with Gasteiger partial charge in [-0.15, -0.1) is 11.3 Å². The Morgan fingerprint density at radius 2 is 2.10 bits per heavy atom. The normalized spacial score (nSPS) is 13.6. The molecule has 0 saturated carbocycles. The Morgan fingerprint density at radius 3 is 2.62 bits per heavy atom. The molecule has 0 aliphatic carbocycles. The van der Waals surface area contributed by atoms with Gasteiger partial charge in [-0.2, -0.15) is 4.98 Å². The molecule has 1 atom stereocenters. The number of anilines is 1. The van der Waals surface area contributed by atoms with Gasteiger partial charge in [0.2, 0.25) is 5.82 Å². The third-order valence-corrected chi connectivity index (χ3v) is 4.30. The molecule has 2 aromatic heterocycles. The lowest BCUT2D eigenvalue weighted by Gasteiger charge is -2.27. The zero-order valence-electron chi connectivity index (χ0n) is 13.3. The molecule has 2 N–H and O–H groups in total. The molecule has 116 valence electrons. The van der Waals surface area contributed by atoms with Crippen molar-refractivity contribution < 1.29 is 9.26 Å². The molecule has 1 unspecified atom stereocenters. The van der Waals surface area contributed by atoms with Crippen molar-refractivity contribution in [2.24, 2.45) is 5.41 Å². The maximum atomic E-state index is 6.04. The molecule has 6 heteroatoms. The van der Waals surface area contributed by atoms with Crippen LogP contribution in [0.5, 0.6) is 0 Å². The summed E-state index contributed by atoms with van der Waals surface area (Å²) < 4.78 is 11.2. The van der Waals surface area contributed by atoms with Crippen molar-refractivity contribution in [1.29, 1.82) is 0 Å². The Labute approximate surface area is 129 Å². The number of aryl methyl sites for hydroxylation is 1. The van der Waals surface area contributed by atoms with Crippen LogP contribution in [0, 0.1) is 5.41 Å². The first kappa shape index (κ1) is 16.0. The maximum absolute atomic E-state index is 6.04. The third-order valence-electron chi connectivity index (χ3n) is 3.19. The topological polar surface area (TPSA) is 74.2 Å². The lowest BCUT2D eigenvalue weighted by Crippen LogP contribution is -2.22. The molecule has 2 aromatic rings. The van der Waals surface area contributed by atoms with Crippen molar-refractivity contribution in [1.82, 2.24) is 10.1 Å². The van der Waals surface area contributed by atoms with Crippen LogP contribution in [0.4, 0.5) is 5.00 Å². The summed E-state index contributed by atoms with van der Waals surface area (Å²) in [5, 5.41) is 4.81. The van der Waals surface area contributed by atoms with Gasteiger partial charge in [0.1, 0.15) is 6.10 Å². The summed E-state index contributed by atoms with van der Waals surface area (Å²) in [6.45, 7) is 10.9. The van der Waals surface area contributed by atoms with Gasteiger partial charge in [0.25, 0.3) is 5.89 Å². The largest absolute Gasteiger partial charge is 0.390 e. The smallest absolute Gasteiger partial charge is 0.261 e. The molecule has 0 fully saturated rings. The molecule has 0 radical (unpaired) electrons. The van der Waals surface area contributed by atoms with E-state index < -0.39 is 0 Å². The number of rotatable bonds is 5. The zero-order valence-corrected chi connectivity index (χ0v) is 14.1. The molecule has 0 aliphatic rings. The minimum Gasteiger partial charge on any atom is -0.390 e. The molecule has 0 spiro atoms. The molecule has 2 heterocycles. The van der Waals surface area contributed by atoms with Crippen molar-refractivity contribution in [3.63, 3.8) is 0 Å². The van der Waals surface area contributed by atoms with E-state index in [0.29, 0.717) is 23.3 Å². The second-order valence-corrected chi connectivity index (χ2v) is 7.17. The number of thiophene rings is 1. The van der Waals surface area contributed by atoms with Crippen molar-refractivity contribution in [3.8, 4) is 11.5 Å². The predicted octanol–water partition coefficient (Wildman–Crippen LogP) is 4.07. The Hall–Kier alpha value is -1.40. The molecular formula is C15H23N3O2S. The van der Waals surface area contributed by atoms with Crippen LogP contribution in [0.25, 0.3) is 11.5 Å². The van der Waals surface area contributed by atoms with Crippen LogP contribution in [0.2, 0.25) is 0 Å². The summed E-state index contributed by atoms with van der Waals surface area (Å²) >= 11 is 1.56. The van der Waals surface area contributed by atoms with Gasteiger partial charge in [0, 0.05) is 11.5 Å². The first-order valence-electron chi connectivity index (χ1n) is 7.20. The summed E-state index contributed by atoms with van der Waals surface area (Å²) in [6, 6.07) is 2.02. The van der Waals surface area contributed by atoms with Crippen molar-refractivity contribution in [3.05, 3.63) is 16.8 Å². The number of aromatic nitrogens is 2. The van der Waals surface area contributed by atoms with Crippen LogP contribution in [0.3, 0.4) is 0 Å². The van der Waals surface area contributed by atoms with E-state index in [9.17, 15) is 0 Å². The van der Waals surface area contributed by atoms with Gasteiger partial charge in [0.15, 0.2) is 0 Å². The first-order chi connectivity index (χ1) is 9.86. The van der Waals surface area contributed by atoms with E-state index in [0.717, 1.165) is 12.0 Å². The van der Waals surface area contributed by atoms with Crippen molar-refractivity contribution >= 4 is 16.3 Å². The van der Waals surface area contributed by atoms with E-state index in [1.807, 2.05) is 13.0 Å². The summed E-state index contributed by atoms with van der Waals surface area (Å²) in [7, 11) is 0. The minimum absolute atomic E-state index is 0.105. The third kappa shape index (κ3) is 3.44. The number of nitrogen functional groups attached to an aromatic ring is 1. The molecule has 2 rings (SSSR count). The predicted molar refractivity (Wildman–Crippen MR) is 85.2 cm³/mol. The highest BCUT2D eigenvalue weighted by Gasteiger charge is 2.31. The number of nitrogens with two attached hydrogens (primary N) is 1. The number of nitrogens with zero attached hydrogens (tertiary/aromatic N) is 2. The Balaban J connectivity index is 2.33. The maximum Gasteiger partial charge on any atom is 0.261 e. The summed E-state index contributed by atoms with van der Waals surface area (Å²) in [5.41, 5.74) is 6.75. The number of hydrogen-bond donors (Lipinski definition) is 1. The van der Waals surface area contributed by atoms with Gasteiger partial charge < -0.3 is 15.0 Å². The lowest BCUT2D eigenvalue weighted by molar-refractivity contribution is -0.0203. The molecule has 5 nitrogen and oxygen atoms in total. The first-order valence-corrected chi connectivity index (χ1v) is 8.02. The van der Waals surface area contributed by atoms with Gasteiger partial charge >= 0.3 is 0 Å². The highest BCUT2D eigenvalue weighted by Crippen LogP contribution is 2.37. The van der Waals surface area contributed by atoms with E-state index in [4.69, 9.17) is 15.0 Å².